The number of nitro benzene ring substituents is 1. The van der Waals surface area contributed by atoms with Gasteiger partial charge in [0.2, 0.25) is 0 Å². The first-order valence-electron chi connectivity index (χ1n) is 6.55. The lowest BCUT2D eigenvalue weighted by Crippen LogP contribution is -2.39. The van der Waals surface area contributed by atoms with E-state index in [9.17, 15) is 14.9 Å². The number of nitrogens with zero attached hydrogens (tertiary/aromatic N) is 1. The van der Waals surface area contributed by atoms with Crippen LogP contribution >= 0.6 is 0 Å². The number of amides is 1. The molecule has 0 aromatic heterocycles. The summed E-state index contributed by atoms with van der Waals surface area (Å²) in [6.45, 7) is 1.68. The number of carbonyl (C=O) groups excluding carboxylic acids is 1. The number of benzene rings is 1. The lowest BCUT2D eigenvalue weighted by Gasteiger charge is -2.23. The molecule has 1 amide bonds. The van der Waals surface area contributed by atoms with Gasteiger partial charge in [0, 0.05) is 25.3 Å². The van der Waals surface area contributed by atoms with Crippen molar-refractivity contribution in [1.82, 2.24) is 5.32 Å². The molecule has 1 unspecified atom stereocenters. The molecule has 8 nitrogen and oxygen atoms in total. The highest BCUT2D eigenvalue weighted by atomic mass is 16.6. The van der Waals surface area contributed by atoms with Crippen molar-refractivity contribution in [2.24, 2.45) is 0 Å². The maximum absolute atomic E-state index is 12.1. The van der Waals surface area contributed by atoms with E-state index in [1.54, 1.807) is 13.1 Å². The van der Waals surface area contributed by atoms with Crippen molar-refractivity contribution < 1.29 is 19.2 Å². The highest BCUT2D eigenvalue weighted by Crippen LogP contribution is 2.22. The van der Waals surface area contributed by atoms with Crippen LogP contribution in [0.2, 0.25) is 0 Å². The second-order valence-corrected chi connectivity index (χ2v) is 4.52. The molecule has 114 valence electrons. The Morgan fingerprint density at radius 1 is 1.48 bits per heavy atom. The van der Waals surface area contributed by atoms with E-state index in [-0.39, 0.29) is 23.9 Å². The number of nitro groups is 1. The molecule has 1 heterocycles. The summed E-state index contributed by atoms with van der Waals surface area (Å²) in [4.78, 5) is 22.6. The summed E-state index contributed by atoms with van der Waals surface area (Å²) in [5.41, 5.74) is 0.416. The van der Waals surface area contributed by atoms with E-state index in [1.807, 2.05) is 0 Å². The second kappa shape index (κ2) is 7.00. The van der Waals surface area contributed by atoms with Gasteiger partial charge in [-0.1, -0.05) is 0 Å². The smallest absolute Gasteiger partial charge is 0.282 e. The van der Waals surface area contributed by atoms with Crippen LogP contribution in [-0.4, -0.2) is 50.3 Å². The van der Waals surface area contributed by atoms with Crippen LogP contribution in [0.5, 0.6) is 0 Å². The maximum atomic E-state index is 12.1. The number of rotatable bonds is 5. The predicted octanol–water partition coefficient (Wildman–Crippen LogP) is 0.782. The fourth-order valence-corrected chi connectivity index (χ4v) is 1.99. The molecule has 0 aliphatic carbocycles. The minimum Gasteiger partial charge on any atom is -0.388 e. The Bertz CT molecular complexity index is 529. The molecule has 1 aliphatic rings. The van der Waals surface area contributed by atoms with Crippen molar-refractivity contribution in [2.45, 2.75) is 6.10 Å². The fourth-order valence-electron chi connectivity index (χ4n) is 1.99. The Morgan fingerprint density at radius 3 is 2.90 bits per heavy atom. The lowest BCUT2D eigenvalue weighted by atomic mass is 10.1. The molecule has 2 N–H and O–H groups in total. The monoisotopic (exact) mass is 295 g/mol. The molecule has 0 bridgehead atoms. The predicted molar refractivity (Wildman–Crippen MR) is 75.5 cm³/mol. The molecule has 2 rings (SSSR count). The van der Waals surface area contributed by atoms with E-state index in [0.29, 0.717) is 25.5 Å². The highest BCUT2D eigenvalue weighted by molar-refractivity contribution is 5.99. The Balaban J connectivity index is 2.07. The molecule has 0 radical (unpaired) electrons. The molecule has 1 aliphatic heterocycles. The minimum atomic E-state index is -0.575. The first kappa shape index (κ1) is 15.2. The van der Waals surface area contributed by atoms with Crippen LogP contribution < -0.4 is 10.6 Å². The number of carbonyl (C=O) groups is 1. The van der Waals surface area contributed by atoms with E-state index in [1.165, 1.54) is 12.1 Å². The molecular weight excluding hydrogens is 278 g/mol. The van der Waals surface area contributed by atoms with E-state index in [4.69, 9.17) is 9.47 Å². The first-order chi connectivity index (χ1) is 10.1. The van der Waals surface area contributed by atoms with Crippen molar-refractivity contribution in [3.63, 3.8) is 0 Å². The number of ether oxygens (including phenoxy) is 2. The maximum Gasteiger partial charge on any atom is 0.282 e. The van der Waals surface area contributed by atoms with Gasteiger partial charge in [-0.15, -0.1) is 0 Å². The summed E-state index contributed by atoms with van der Waals surface area (Å²) in [7, 11) is 1.68. The Hall–Kier alpha value is -2.19. The average molecular weight is 295 g/mol. The summed E-state index contributed by atoms with van der Waals surface area (Å²) in [5.74, 6) is -0.507. The summed E-state index contributed by atoms with van der Waals surface area (Å²) in [6.07, 6.45) is -0.228. The van der Waals surface area contributed by atoms with Crippen LogP contribution in [0.3, 0.4) is 0 Å². The fraction of sp³-hybridized carbons (Fsp3) is 0.462. The molecule has 1 saturated heterocycles. The molecule has 0 spiro atoms. The third-order valence-corrected chi connectivity index (χ3v) is 3.10. The number of anilines is 1. The Kier molecular flexibility index (Phi) is 5.07. The molecule has 1 fully saturated rings. The van der Waals surface area contributed by atoms with Crippen LogP contribution in [0.4, 0.5) is 11.4 Å². The third-order valence-electron chi connectivity index (χ3n) is 3.10. The van der Waals surface area contributed by atoms with Crippen LogP contribution in [0, 0.1) is 10.1 Å². The zero-order valence-electron chi connectivity index (χ0n) is 11.6. The molecule has 8 heteroatoms. The molecule has 0 saturated carbocycles. The molecule has 21 heavy (non-hydrogen) atoms. The average Bonchev–Trinajstić information content (AvgIpc) is 2.52. The molecule has 1 aromatic carbocycles. The molecule has 1 atom stereocenters. The summed E-state index contributed by atoms with van der Waals surface area (Å²) >= 11 is 0. The van der Waals surface area contributed by atoms with Gasteiger partial charge >= 0.3 is 0 Å². The van der Waals surface area contributed by atoms with Crippen LogP contribution in [0.15, 0.2) is 18.2 Å². The third kappa shape index (κ3) is 3.89. The molecular formula is C13H17N3O5. The first-order valence-corrected chi connectivity index (χ1v) is 6.55. The van der Waals surface area contributed by atoms with Gasteiger partial charge in [-0.25, -0.2) is 0 Å². The SMILES string of the molecule is CNc1ccc([N+](=O)[O-])c(C(=O)NCC2COCCO2)c1. The minimum absolute atomic E-state index is 0.0172. The van der Waals surface area contributed by atoms with Gasteiger partial charge in [-0.3, -0.25) is 14.9 Å². The normalized spacial score (nSPS) is 18.0. The van der Waals surface area contributed by atoms with E-state index in [2.05, 4.69) is 10.6 Å². The zero-order valence-corrected chi connectivity index (χ0v) is 11.6. The quantitative estimate of drug-likeness (QED) is 0.614. The van der Waals surface area contributed by atoms with Crippen molar-refractivity contribution in [2.75, 3.05) is 38.7 Å². The van der Waals surface area contributed by atoms with Gasteiger partial charge in [-0.2, -0.15) is 0 Å². The number of nitrogens with one attached hydrogen (secondary N) is 2. The van der Waals surface area contributed by atoms with Gasteiger partial charge < -0.3 is 20.1 Å². The van der Waals surface area contributed by atoms with Crippen LogP contribution in [0.25, 0.3) is 0 Å². The largest absolute Gasteiger partial charge is 0.388 e. The van der Waals surface area contributed by atoms with Gasteiger partial charge in [0.1, 0.15) is 5.56 Å². The van der Waals surface area contributed by atoms with Gasteiger partial charge in [0.15, 0.2) is 0 Å². The lowest BCUT2D eigenvalue weighted by molar-refractivity contribution is -0.385. The van der Waals surface area contributed by atoms with Gasteiger partial charge in [0.25, 0.3) is 11.6 Å². The summed E-state index contributed by atoms with van der Waals surface area (Å²) in [5, 5.41) is 16.5. The molecule has 1 aromatic rings. The number of hydrogen-bond donors (Lipinski definition) is 2. The number of hydrogen-bond acceptors (Lipinski definition) is 6. The van der Waals surface area contributed by atoms with Crippen molar-refractivity contribution in [1.29, 1.82) is 0 Å². The standard InChI is InChI=1S/C13H17N3O5/c1-14-9-2-3-12(16(18)19)11(6-9)13(17)15-7-10-8-20-4-5-21-10/h2-3,6,10,14H,4-5,7-8H2,1H3,(H,15,17). The van der Waals surface area contributed by atoms with Gasteiger partial charge in [0.05, 0.1) is 30.8 Å². The van der Waals surface area contributed by atoms with E-state index >= 15 is 0 Å². The van der Waals surface area contributed by atoms with Crippen LogP contribution in [-0.2, 0) is 9.47 Å². The topological polar surface area (TPSA) is 103 Å². The second-order valence-electron chi connectivity index (χ2n) is 4.52. The zero-order chi connectivity index (χ0) is 15.2. The van der Waals surface area contributed by atoms with Crippen molar-refractivity contribution in [3.05, 3.63) is 33.9 Å². The van der Waals surface area contributed by atoms with Crippen molar-refractivity contribution >= 4 is 17.3 Å². The highest BCUT2D eigenvalue weighted by Gasteiger charge is 2.22. The van der Waals surface area contributed by atoms with Crippen LogP contribution in [0.1, 0.15) is 10.4 Å². The summed E-state index contributed by atoms with van der Waals surface area (Å²) < 4.78 is 10.6. The summed E-state index contributed by atoms with van der Waals surface area (Å²) in [6, 6.07) is 4.31. The van der Waals surface area contributed by atoms with Gasteiger partial charge in [-0.05, 0) is 12.1 Å². The van der Waals surface area contributed by atoms with E-state index < -0.39 is 10.8 Å². The van der Waals surface area contributed by atoms with Crippen molar-refractivity contribution in [3.8, 4) is 0 Å². The Morgan fingerprint density at radius 2 is 2.29 bits per heavy atom. The Labute approximate surface area is 121 Å². The van der Waals surface area contributed by atoms with E-state index in [0.717, 1.165) is 0 Å².